The van der Waals surface area contributed by atoms with Gasteiger partial charge >= 0.3 is 0 Å². The smallest absolute Gasteiger partial charge is 0.210 e. The van der Waals surface area contributed by atoms with Crippen LogP contribution in [0.2, 0.25) is 5.02 Å². The SMILES string of the molecule is Cc1ccc2c(Cl)cc(S(=O)ONCC3CCCCC3)c(O)c2n1. The Labute approximate surface area is 149 Å². The third kappa shape index (κ3) is 3.88. The van der Waals surface area contributed by atoms with E-state index in [0.29, 0.717) is 28.4 Å². The van der Waals surface area contributed by atoms with E-state index in [2.05, 4.69) is 10.5 Å². The fourth-order valence-electron chi connectivity index (χ4n) is 3.08. The van der Waals surface area contributed by atoms with Crippen molar-refractivity contribution in [2.45, 2.75) is 43.9 Å². The number of aryl methyl sites for hydroxylation is 1. The van der Waals surface area contributed by atoms with Crippen molar-refractivity contribution in [3.8, 4) is 5.75 Å². The van der Waals surface area contributed by atoms with Gasteiger partial charge in [0, 0.05) is 17.6 Å². The first-order valence-corrected chi connectivity index (χ1v) is 9.62. The number of pyridine rings is 1. The molecular formula is C17H21ClN2O3S. The van der Waals surface area contributed by atoms with Crippen molar-refractivity contribution >= 4 is 33.6 Å². The van der Waals surface area contributed by atoms with Crippen LogP contribution >= 0.6 is 11.6 Å². The van der Waals surface area contributed by atoms with Crippen molar-refractivity contribution in [1.29, 1.82) is 0 Å². The van der Waals surface area contributed by atoms with Crippen LogP contribution in [0.1, 0.15) is 37.8 Å². The first-order chi connectivity index (χ1) is 11.6. The van der Waals surface area contributed by atoms with E-state index in [4.69, 9.17) is 15.9 Å². The largest absolute Gasteiger partial charge is 0.504 e. The fraction of sp³-hybridized carbons (Fsp3) is 0.471. The summed E-state index contributed by atoms with van der Waals surface area (Å²) in [5.74, 6) is 0.393. The number of hydrogen-bond donors (Lipinski definition) is 2. The molecule has 24 heavy (non-hydrogen) atoms. The zero-order valence-corrected chi connectivity index (χ0v) is 15.1. The number of fused-ring (bicyclic) bond motifs is 1. The van der Waals surface area contributed by atoms with Crippen LogP contribution in [-0.4, -0.2) is 20.8 Å². The van der Waals surface area contributed by atoms with Crippen molar-refractivity contribution in [3.05, 3.63) is 28.9 Å². The number of nitrogens with zero attached hydrogens (tertiary/aromatic N) is 1. The summed E-state index contributed by atoms with van der Waals surface area (Å²) in [5, 5.41) is 11.4. The van der Waals surface area contributed by atoms with E-state index < -0.39 is 11.1 Å². The lowest BCUT2D eigenvalue weighted by molar-refractivity contribution is 0.182. The Hall–Kier alpha value is -1.21. The summed E-state index contributed by atoms with van der Waals surface area (Å²) < 4.78 is 17.6. The highest BCUT2D eigenvalue weighted by atomic mass is 35.5. The predicted octanol–water partition coefficient (Wildman–Crippen LogP) is 4.03. The number of hydrogen-bond acceptors (Lipinski definition) is 5. The van der Waals surface area contributed by atoms with E-state index in [1.165, 1.54) is 38.2 Å². The Balaban J connectivity index is 1.73. The number of aromatic nitrogens is 1. The van der Waals surface area contributed by atoms with E-state index in [-0.39, 0.29) is 10.6 Å². The van der Waals surface area contributed by atoms with Crippen LogP contribution in [0, 0.1) is 12.8 Å². The minimum atomic E-state index is -1.86. The average molecular weight is 369 g/mol. The van der Waals surface area contributed by atoms with Crippen molar-refractivity contribution in [2.75, 3.05) is 6.54 Å². The molecule has 2 N–H and O–H groups in total. The van der Waals surface area contributed by atoms with E-state index in [1.807, 2.05) is 13.0 Å². The molecule has 1 aliphatic carbocycles. The molecule has 1 atom stereocenters. The van der Waals surface area contributed by atoms with E-state index in [9.17, 15) is 9.32 Å². The van der Waals surface area contributed by atoms with Crippen molar-refractivity contribution in [2.24, 2.45) is 5.92 Å². The van der Waals surface area contributed by atoms with Gasteiger partial charge in [-0.15, -0.1) is 0 Å². The standard InChI is InChI=1S/C17H21ClN2O3S/c1-11-7-8-13-14(18)9-15(17(21)16(13)20-11)24(22)23-19-10-12-5-3-2-4-6-12/h7-9,12,19,21H,2-6,10H2,1H3. The highest BCUT2D eigenvalue weighted by Gasteiger charge is 2.19. The molecule has 0 amide bonds. The lowest BCUT2D eigenvalue weighted by Gasteiger charge is -2.21. The van der Waals surface area contributed by atoms with Crippen molar-refractivity contribution in [1.82, 2.24) is 10.5 Å². The van der Waals surface area contributed by atoms with Crippen LogP contribution in [0.25, 0.3) is 10.9 Å². The molecule has 0 aliphatic heterocycles. The number of aromatic hydroxyl groups is 1. The number of benzene rings is 1. The normalized spacial score (nSPS) is 17.2. The summed E-state index contributed by atoms with van der Waals surface area (Å²) in [6.45, 7) is 2.48. The van der Waals surface area contributed by atoms with Crippen LogP contribution in [0.3, 0.4) is 0 Å². The molecular weight excluding hydrogens is 348 g/mol. The lowest BCUT2D eigenvalue weighted by atomic mass is 9.89. The topological polar surface area (TPSA) is 71.5 Å². The zero-order valence-electron chi connectivity index (χ0n) is 13.5. The molecule has 3 rings (SSSR count). The Morgan fingerprint density at radius 2 is 2.12 bits per heavy atom. The molecule has 0 saturated heterocycles. The molecule has 2 aromatic rings. The molecule has 1 aromatic heterocycles. The Kier molecular flexibility index (Phi) is 5.71. The van der Waals surface area contributed by atoms with Crippen LogP contribution in [0.4, 0.5) is 0 Å². The van der Waals surface area contributed by atoms with Gasteiger partial charge in [0.1, 0.15) is 10.4 Å². The van der Waals surface area contributed by atoms with Crippen LogP contribution < -0.4 is 5.48 Å². The summed E-state index contributed by atoms with van der Waals surface area (Å²) in [5.41, 5.74) is 3.86. The van der Waals surface area contributed by atoms with Crippen LogP contribution in [0.5, 0.6) is 5.75 Å². The minimum Gasteiger partial charge on any atom is -0.504 e. The highest BCUT2D eigenvalue weighted by Crippen LogP contribution is 2.35. The number of phenols is 1. The van der Waals surface area contributed by atoms with Crippen LogP contribution in [0.15, 0.2) is 23.1 Å². The first kappa shape index (κ1) is 17.6. The highest BCUT2D eigenvalue weighted by molar-refractivity contribution is 7.80. The van der Waals surface area contributed by atoms with Gasteiger partial charge in [0.05, 0.1) is 5.02 Å². The van der Waals surface area contributed by atoms with Crippen LogP contribution in [-0.2, 0) is 15.4 Å². The molecule has 5 nitrogen and oxygen atoms in total. The molecule has 1 saturated carbocycles. The molecule has 1 aromatic carbocycles. The number of halogens is 1. The number of rotatable bonds is 5. The second kappa shape index (κ2) is 7.78. The molecule has 0 bridgehead atoms. The number of nitrogens with one attached hydrogen (secondary N) is 1. The fourth-order valence-corrected chi connectivity index (χ4v) is 4.14. The second-order valence-corrected chi connectivity index (χ2v) is 7.71. The Bertz CT molecular complexity index is 763. The Morgan fingerprint density at radius 1 is 1.38 bits per heavy atom. The van der Waals surface area contributed by atoms with Gasteiger partial charge < -0.3 is 5.11 Å². The van der Waals surface area contributed by atoms with Gasteiger partial charge in [0.2, 0.25) is 11.1 Å². The summed E-state index contributed by atoms with van der Waals surface area (Å²) >= 11 is 4.37. The summed E-state index contributed by atoms with van der Waals surface area (Å²) in [6, 6.07) is 5.07. The van der Waals surface area contributed by atoms with Gasteiger partial charge in [-0.1, -0.05) is 30.9 Å². The summed E-state index contributed by atoms with van der Waals surface area (Å²) in [6.07, 6.45) is 6.10. The quantitative estimate of drug-likeness (QED) is 0.780. The van der Waals surface area contributed by atoms with Crippen molar-refractivity contribution in [3.63, 3.8) is 0 Å². The maximum absolute atomic E-state index is 12.4. The van der Waals surface area contributed by atoms with Gasteiger partial charge in [-0.05, 0) is 43.9 Å². The molecule has 0 radical (unpaired) electrons. The molecule has 7 heteroatoms. The molecule has 0 spiro atoms. The summed E-state index contributed by atoms with van der Waals surface area (Å²) in [4.78, 5) is 4.41. The molecule has 1 heterocycles. The van der Waals surface area contributed by atoms with Gasteiger partial charge in [0.25, 0.3) is 0 Å². The lowest BCUT2D eigenvalue weighted by Crippen LogP contribution is -2.25. The van der Waals surface area contributed by atoms with E-state index in [0.717, 1.165) is 5.69 Å². The third-order valence-corrected chi connectivity index (χ3v) is 5.67. The van der Waals surface area contributed by atoms with Gasteiger partial charge in [-0.2, -0.15) is 9.76 Å². The molecule has 1 fully saturated rings. The predicted molar refractivity (Wildman–Crippen MR) is 95.2 cm³/mol. The summed E-state index contributed by atoms with van der Waals surface area (Å²) in [7, 11) is 0. The van der Waals surface area contributed by atoms with E-state index >= 15 is 0 Å². The third-order valence-electron chi connectivity index (χ3n) is 4.42. The van der Waals surface area contributed by atoms with E-state index in [1.54, 1.807) is 6.07 Å². The number of phenolic OH excluding ortho intramolecular Hbond substituents is 1. The van der Waals surface area contributed by atoms with Crippen molar-refractivity contribution < 1.29 is 13.6 Å². The minimum absolute atomic E-state index is 0.127. The van der Waals surface area contributed by atoms with Gasteiger partial charge in [-0.25, -0.2) is 9.19 Å². The second-order valence-electron chi connectivity index (χ2n) is 6.22. The maximum Gasteiger partial charge on any atom is 0.210 e. The molecule has 130 valence electrons. The first-order valence-electron chi connectivity index (χ1n) is 8.17. The number of hydroxylamine groups is 1. The van der Waals surface area contributed by atoms with Gasteiger partial charge in [-0.3, -0.25) is 0 Å². The molecule has 1 aliphatic rings. The monoisotopic (exact) mass is 368 g/mol. The Morgan fingerprint density at radius 3 is 2.88 bits per heavy atom. The zero-order chi connectivity index (χ0) is 17.1. The molecule has 1 unspecified atom stereocenters. The van der Waals surface area contributed by atoms with Gasteiger partial charge in [0.15, 0.2) is 5.75 Å². The average Bonchev–Trinajstić information content (AvgIpc) is 2.58. The maximum atomic E-state index is 12.4.